The number of carbonyl (C=O) groups excluding carboxylic acids is 2. The molecule has 0 unspecified atom stereocenters. The Hall–Kier alpha value is -4.12. The molecule has 35 heavy (non-hydrogen) atoms. The SMILES string of the molecule is COC(=O)C1=C(C)N(c2ccc(C(C)C)cc2)C(=O)/C1=C\c1cccc(OCc2ccccc2)c1. The molecule has 1 aliphatic heterocycles. The van der Waals surface area contributed by atoms with Crippen LogP contribution in [-0.4, -0.2) is 19.0 Å². The number of anilines is 1. The molecule has 0 bridgehead atoms. The van der Waals surface area contributed by atoms with Crippen molar-refractivity contribution in [1.29, 1.82) is 0 Å². The second-order valence-corrected chi connectivity index (χ2v) is 8.74. The van der Waals surface area contributed by atoms with Gasteiger partial charge >= 0.3 is 5.97 Å². The number of methoxy groups -OCH3 is 1. The zero-order valence-electron chi connectivity index (χ0n) is 20.4. The Morgan fingerprint density at radius 3 is 2.34 bits per heavy atom. The summed E-state index contributed by atoms with van der Waals surface area (Å²) in [4.78, 5) is 27.8. The van der Waals surface area contributed by atoms with Crippen molar-refractivity contribution in [2.24, 2.45) is 0 Å². The van der Waals surface area contributed by atoms with E-state index in [1.54, 1.807) is 17.9 Å². The van der Waals surface area contributed by atoms with Gasteiger partial charge in [0.2, 0.25) is 0 Å². The van der Waals surface area contributed by atoms with Crippen LogP contribution in [-0.2, 0) is 20.9 Å². The van der Waals surface area contributed by atoms with Crippen molar-refractivity contribution in [3.63, 3.8) is 0 Å². The van der Waals surface area contributed by atoms with E-state index >= 15 is 0 Å². The fourth-order valence-electron chi connectivity index (χ4n) is 4.10. The van der Waals surface area contributed by atoms with E-state index in [2.05, 4.69) is 13.8 Å². The summed E-state index contributed by atoms with van der Waals surface area (Å²) in [6.45, 7) is 6.44. The monoisotopic (exact) mass is 467 g/mol. The van der Waals surface area contributed by atoms with Crippen LogP contribution in [0.2, 0.25) is 0 Å². The van der Waals surface area contributed by atoms with Gasteiger partial charge in [-0.25, -0.2) is 4.79 Å². The molecule has 1 heterocycles. The molecule has 0 radical (unpaired) electrons. The quantitative estimate of drug-likeness (QED) is 0.304. The molecule has 3 aromatic carbocycles. The lowest BCUT2D eigenvalue weighted by Gasteiger charge is -2.19. The first-order chi connectivity index (χ1) is 16.9. The molecule has 5 heteroatoms. The van der Waals surface area contributed by atoms with Crippen molar-refractivity contribution in [1.82, 2.24) is 0 Å². The largest absolute Gasteiger partial charge is 0.489 e. The predicted molar refractivity (Wildman–Crippen MR) is 138 cm³/mol. The van der Waals surface area contributed by atoms with Gasteiger partial charge in [-0.1, -0.05) is 68.4 Å². The van der Waals surface area contributed by atoms with Gasteiger partial charge in [-0.15, -0.1) is 0 Å². The normalized spacial score (nSPS) is 14.7. The summed E-state index contributed by atoms with van der Waals surface area (Å²) in [5, 5.41) is 0. The molecular weight excluding hydrogens is 438 g/mol. The molecule has 178 valence electrons. The van der Waals surface area contributed by atoms with E-state index in [1.165, 1.54) is 12.7 Å². The molecule has 3 aromatic rings. The zero-order chi connectivity index (χ0) is 24.9. The van der Waals surface area contributed by atoms with Gasteiger partial charge in [-0.2, -0.15) is 0 Å². The molecule has 0 spiro atoms. The molecule has 5 nitrogen and oxygen atoms in total. The Labute approximate surface area is 206 Å². The predicted octanol–water partition coefficient (Wildman–Crippen LogP) is 6.27. The third kappa shape index (κ3) is 5.19. The number of carbonyl (C=O) groups is 2. The van der Waals surface area contributed by atoms with Crippen molar-refractivity contribution in [3.05, 3.63) is 112 Å². The van der Waals surface area contributed by atoms with Crippen LogP contribution in [0, 0.1) is 0 Å². The van der Waals surface area contributed by atoms with Crippen LogP contribution in [0.1, 0.15) is 43.4 Å². The second-order valence-electron chi connectivity index (χ2n) is 8.74. The molecule has 0 atom stereocenters. The number of benzene rings is 3. The first-order valence-electron chi connectivity index (χ1n) is 11.6. The summed E-state index contributed by atoms with van der Waals surface area (Å²) in [5.74, 6) is 0.248. The minimum atomic E-state index is -0.542. The Morgan fingerprint density at radius 2 is 1.69 bits per heavy atom. The standard InChI is InChI=1S/C30H29NO4/c1-20(2)24-13-15-25(16-14-24)31-21(3)28(30(33)34-4)27(29(31)32)18-23-11-8-12-26(17-23)35-19-22-9-6-5-7-10-22/h5-18,20H,19H2,1-4H3/b27-18-. The number of hydrogen-bond donors (Lipinski definition) is 0. The summed E-state index contributed by atoms with van der Waals surface area (Å²) in [6, 6.07) is 25.2. The van der Waals surface area contributed by atoms with E-state index in [1.807, 2.05) is 78.9 Å². The molecule has 0 aromatic heterocycles. The third-order valence-electron chi connectivity index (χ3n) is 6.02. The van der Waals surface area contributed by atoms with Gasteiger partial charge in [0.15, 0.2) is 0 Å². The lowest BCUT2D eigenvalue weighted by molar-refractivity contribution is -0.136. The molecule has 0 fully saturated rings. The van der Waals surface area contributed by atoms with Crippen LogP contribution in [0.4, 0.5) is 5.69 Å². The number of nitrogens with zero attached hydrogens (tertiary/aromatic N) is 1. The third-order valence-corrected chi connectivity index (χ3v) is 6.02. The van der Waals surface area contributed by atoms with E-state index in [4.69, 9.17) is 9.47 Å². The average molecular weight is 468 g/mol. The smallest absolute Gasteiger partial charge is 0.340 e. The van der Waals surface area contributed by atoms with Gasteiger partial charge in [0.1, 0.15) is 12.4 Å². The van der Waals surface area contributed by atoms with Gasteiger partial charge in [-0.05, 0) is 59.9 Å². The Balaban J connectivity index is 1.65. The van der Waals surface area contributed by atoms with Gasteiger partial charge < -0.3 is 9.47 Å². The average Bonchev–Trinajstić information content (AvgIpc) is 3.12. The molecule has 0 saturated carbocycles. The van der Waals surface area contributed by atoms with E-state index in [0.29, 0.717) is 35.2 Å². The highest BCUT2D eigenvalue weighted by Gasteiger charge is 2.37. The summed E-state index contributed by atoms with van der Waals surface area (Å²) in [5.41, 5.74) is 4.81. The maximum atomic E-state index is 13.5. The number of esters is 1. The number of amides is 1. The summed E-state index contributed by atoms with van der Waals surface area (Å²) < 4.78 is 11.0. The van der Waals surface area contributed by atoms with Gasteiger partial charge in [-0.3, -0.25) is 9.69 Å². The van der Waals surface area contributed by atoms with E-state index in [9.17, 15) is 9.59 Å². The topological polar surface area (TPSA) is 55.8 Å². The van der Waals surface area contributed by atoms with Gasteiger partial charge in [0.25, 0.3) is 5.91 Å². The van der Waals surface area contributed by atoms with Crippen molar-refractivity contribution in [2.75, 3.05) is 12.0 Å². The van der Waals surface area contributed by atoms with Crippen LogP contribution in [0.3, 0.4) is 0 Å². The van der Waals surface area contributed by atoms with Crippen molar-refractivity contribution >= 4 is 23.6 Å². The van der Waals surface area contributed by atoms with Crippen LogP contribution >= 0.6 is 0 Å². The van der Waals surface area contributed by atoms with Crippen LogP contribution in [0.5, 0.6) is 5.75 Å². The summed E-state index contributed by atoms with van der Waals surface area (Å²) in [6.07, 6.45) is 1.72. The molecular formula is C30H29NO4. The van der Waals surface area contributed by atoms with E-state index < -0.39 is 5.97 Å². The molecule has 4 rings (SSSR count). The second kappa shape index (κ2) is 10.4. The van der Waals surface area contributed by atoms with E-state index in [-0.39, 0.29) is 11.5 Å². The highest BCUT2D eigenvalue weighted by molar-refractivity contribution is 6.23. The number of hydrogen-bond acceptors (Lipinski definition) is 4. The van der Waals surface area contributed by atoms with Gasteiger partial charge in [0.05, 0.1) is 18.3 Å². The maximum Gasteiger partial charge on any atom is 0.340 e. The van der Waals surface area contributed by atoms with Crippen LogP contribution in [0.25, 0.3) is 6.08 Å². The van der Waals surface area contributed by atoms with Crippen molar-refractivity contribution in [2.45, 2.75) is 33.3 Å². The lowest BCUT2D eigenvalue weighted by Crippen LogP contribution is -2.24. The van der Waals surface area contributed by atoms with E-state index in [0.717, 1.165) is 11.1 Å². The fourth-order valence-corrected chi connectivity index (χ4v) is 4.10. The maximum absolute atomic E-state index is 13.5. The molecule has 1 aliphatic rings. The van der Waals surface area contributed by atoms with Crippen LogP contribution < -0.4 is 9.64 Å². The minimum Gasteiger partial charge on any atom is -0.489 e. The lowest BCUT2D eigenvalue weighted by atomic mass is 10.0. The summed E-state index contributed by atoms with van der Waals surface area (Å²) >= 11 is 0. The Kier molecular flexibility index (Phi) is 7.16. The number of rotatable bonds is 7. The number of ether oxygens (including phenoxy) is 2. The van der Waals surface area contributed by atoms with Gasteiger partial charge in [0, 0.05) is 11.4 Å². The van der Waals surface area contributed by atoms with Crippen molar-refractivity contribution in [3.8, 4) is 5.75 Å². The zero-order valence-corrected chi connectivity index (χ0v) is 20.4. The minimum absolute atomic E-state index is 0.265. The summed E-state index contributed by atoms with van der Waals surface area (Å²) in [7, 11) is 1.32. The number of allylic oxidation sites excluding steroid dienone is 1. The highest BCUT2D eigenvalue weighted by atomic mass is 16.5. The Morgan fingerprint density at radius 1 is 0.971 bits per heavy atom. The molecule has 0 N–H and O–H groups in total. The van der Waals surface area contributed by atoms with Crippen molar-refractivity contribution < 1.29 is 19.1 Å². The Bertz CT molecular complexity index is 1290. The van der Waals surface area contributed by atoms with Crippen LogP contribution in [0.15, 0.2) is 95.7 Å². The molecule has 0 saturated heterocycles. The highest BCUT2D eigenvalue weighted by Crippen LogP contribution is 2.36. The molecule has 1 amide bonds. The fraction of sp³-hybridized carbons (Fsp3) is 0.200. The first kappa shape index (κ1) is 24.0. The molecule has 0 aliphatic carbocycles. The first-order valence-corrected chi connectivity index (χ1v) is 11.6.